The van der Waals surface area contributed by atoms with Crippen LogP contribution in [-0.4, -0.2) is 36.3 Å². The van der Waals surface area contributed by atoms with Crippen LogP contribution in [0.4, 0.5) is 0 Å². The Balaban J connectivity index is 5.54. The number of halogens is 1. The molecule has 22 heavy (non-hydrogen) atoms. The Morgan fingerprint density at radius 2 is 1.14 bits per heavy atom. The maximum absolute atomic E-state index is 13.1. The molecule has 0 saturated heterocycles. The van der Waals surface area contributed by atoms with E-state index < -0.39 is 20.6 Å². The van der Waals surface area contributed by atoms with Crippen LogP contribution in [0.15, 0.2) is 0 Å². The fourth-order valence-electron chi connectivity index (χ4n) is 2.05. The molecule has 0 aromatic carbocycles. The highest BCUT2D eigenvalue weighted by atomic mass is 127. The SMILES string of the molecule is CCOP(=O)(OCC)C(CCCCI)P(=O)(OCC)OCC. The van der Waals surface area contributed by atoms with E-state index in [9.17, 15) is 9.13 Å². The first-order chi connectivity index (χ1) is 10.4. The van der Waals surface area contributed by atoms with E-state index in [1.807, 2.05) is 0 Å². The molecule has 0 aliphatic carbocycles. The van der Waals surface area contributed by atoms with Crippen molar-refractivity contribution >= 4 is 37.8 Å². The smallest absolute Gasteiger partial charge is 0.308 e. The molecule has 0 radical (unpaired) electrons. The summed E-state index contributed by atoms with van der Waals surface area (Å²) in [6.07, 6.45) is 2.13. The Morgan fingerprint density at radius 3 is 1.41 bits per heavy atom. The quantitative estimate of drug-likeness (QED) is 0.146. The number of hydrogen-bond acceptors (Lipinski definition) is 6. The third-order valence-corrected chi connectivity index (χ3v) is 9.72. The van der Waals surface area contributed by atoms with Crippen molar-refractivity contribution in [3.63, 3.8) is 0 Å². The minimum Gasteiger partial charge on any atom is -0.308 e. The highest BCUT2D eigenvalue weighted by Crippen LogP contribution is 2.71. The lowest BCUT2D eigenvalue weighted by Crippen LogP contribution is -2.18. The summed E-state index contributed by atoms with van der Waals surface area (Å²) >= 11 is 2.28. The lowest BCUT2D eigenvalue weighted by atomic mass is 10.3. The fourth-order valence-corrected chi connectivity index (χ4v) is 8.05. The van der Waals surface area contributed by atoms with Gasteiger partial charge in [0.05, 0.1) is 26.4 Å². The predicted molar refractivity (Wildman–Crippen MR) is 98.2 cm³/mol. The Hall–Kier alpha value is 1.03. The first-order valence-corrected chi connectivity index (χ1v) is 12.5. The second kappa shape index (κ2) is 12.4. The number of alkyl halides is 1. The monoisotopic (exact) mass is 470 g/mol. The number of hydrogen-bond donors (Lipinski definition) is 0. The zero-order valence-corrected chi connectivity index (χ0v) is 17.9. The molecule has 0 heterocycles. The van der Waals surface area contributed by atoms with Gasteiger partial charge < -0.3 is 18.1 Å². The van der Waals surface area contributed by atoms with Gasteiger partial charge in [-0.15, -0.1) is 0 Å². The average molecular weight is 470 g/mol. The molecule has 0 spiro atoms. The lowest BCUT2D eigenvalue weighted by molar-refractivity contribution is 0.193. The standard InChI is InChI=1S/C13H29IO6P2/c1-5-17-21(15,18-6-2)13(11-9-10-12-14)22(16,19-7-3)20-8-4/h13H,5-12H2,1-4H3. The van der Waals surface area contributed by atoms with E-state index in [0.717, 1.165) is 17.3 Å². The van der Waals surface area contributed by atoms with E-state index in [1.165, 1.54) is 0 Å². The topological polar surface area (TPSA) is 71.1 Å². The van der Waals surface area contributed by atoms with Gasteiger partial charge in [-0.05, 0) is 45.0 Å². The predicted octanol–water partition coefficient (Wildman–Crippen LogP) is 5.45. The van der Waals surface area contributed by atoms with Gasteiger partial charge in [-0.2, -0.15) is 0 Å². The van der Waals surface area contributed by atoms with Crippen molar-refractivity contribution in [1.29, 1.82) is 0 Å². The zero-order chi connectivity index (χ0) is 17.1. The van der Waals surface area contributed by atoms with Gasteiger partial charge in [-0.1, -0.05) is 29.0 Å². The van der Waals surface area contributed by atoms with Gasteiger partial charge in [-0.3, -0.25) is 9.13 Å². The Labute approximate surface area is 148 Å². The second-order valence-corrected chi connectivity index (χ2v) is 10.3. The molecule has 0 aromatic heterocycles. The molecule has 6 nitrogen and oxygen atoms in total. The summed E-state index contributed by atoms with van der Waals surface area (Å²) in [6.45, 7) is 7.83. The maximum atomic E-state index is 13.1. The zero-order valence-electron chi connectivity index (χ0n) is 14.0. The van der Waals surface area contributed by atoms with Crippen LogP contribution in [0.1, 0.15) is 47.0 Å². The second-order valence-electron chi connectivity index (χ2n) is 4.42. The van der Waals surface area contributed by atoms with Crippen LogP contribution in [0.2, 0.25) is 0 Å². The van der Waals surface area contributed by atoms with Crippen molar-refractivity contribution in [3.05, 3.63) is 0 Å². The van der Waals surface area contributed by atoms with Gasteiger partial charge in [0.25, 0.3) is 0 Å². The minimum absolute atomic E-state index is 0.221. The molecule has 0 saturated carbocycles. The Kier molecular flexibility index (Phi) is 13.0. The summed E-state index contributed by atoms with van der Waals surface area (Å²) in [5, 5.41) is -0.872. The van der Waals surface area contributed by atoms with Gasteiger partial charge in [0.2, 0.25) is 0 Å². The molecule has 0 aliphatic heterocycles. The fraction of sp³-hybridized carbons (Fsp3) is 1.00. The van der Waals surface area contributed by atoms with Crippen molar-refractivity contribution in [3.8, 4) is 0 Å². The third kappa shape index (κ3) is 7.29. The van der Waals surface area contributed by atoms with E-state index in [4.69, 9.17) is 18.1 Å². The Bertz CT molecular complexity index is 330. The van der Waals surface area contributed by atoms with Crippen LogP contribution in [0, 0.1) is 0 Å². The third-order valence-electron chi connectivity index (χ3n) is 2.81. The van der Waals surface area contributed by atoms with Crippen LogP contribution in [-0.2, 0) is 27.2 Å². The summed E-state index contributed by atoms with van der Waals surface area (Å²) in [4.78, 5) is 0. The maximum Gasteiger partial charge on any atom is 0.345 e. The van der Waals surface area contributed by atoms with Gasteiger partial charge >= 0.3 is 15.2 Å². The normalized spacial score (nSPS) is 13.0. The summed E-state index contributed by atoms with van der Waals surface area (Å²) in [6, 6.07) is 0. The highest BCUT2D eigenvalue weighted by molar-refractivity contribution is 14.1. The van der Waals surface area contributed by atoms with Gasteiger partial charge in [0.15, 0.2) is 5.40 Å². The van der Waals surface area contributed by atoms with E-state index in [2.05, 4.69) is 22.6 Å². The number of rotatable bonds is 14. The molecular formula is C13H29IO6P2. The summed E-state index contributed by atoms with van der Waals surface area (Å²) in [7, 11) is -7.13. The highest BCUT2D eigenvalue weighted by Gasteiger charge is 2.50. The first-order valence-electron chi connectivity index (χ1n) is 7.77. The van der Waals surface area contributed by atoms with Crippen molar-refractivity contribution in [2.24, 2.45) is 0 Å². The van der Waals surface area contributed by atoms with Gasteiger partial charge in [0, 0.05) is 0 Å². The van der Waals surface area contributed by atoms with E-state index >= 15 is 0 Å². The molecule has 0 N–H and O–H groups in total. The van der Waals surface area contributed by atoms with Crippen LogP contribution in [0.25, 0.3) is 0 Å². The van der Waals surface area contributed by atoms with Crippen LogP contribution in [0.5, 0.6) is 0 Å². The van der Waals surface area contributed by atoms with Crippen molar-refractivity contribution < 1.29 is 27.2 Å². The summed E-state index contributed by atoms with van der Waals surface area (Å²) < 4.78 is 48.8. The number of unbranched alkanes of at least 4 members (excludes halogenated alkanes) is 1. The molecule has 0 aromatic rings. The molecule has 9 heteroatoms. The van der Waals surface area contributed by atoms with E-state index in [1.54, 1.807) is 27.7 Å². The minimum atomic E-state index is -3.57. The van der Waals surface area contributed by atoms with E-state index in [0.29, 0.717) is 6.42 Å². The van der Waals surface area contributed by atoms with Crippen molar-refractivity contribution in [1.82, 2.24) is 0 Å². The van der Waals surface area contributed by atoms with Crippen LogP contribution < -0.4 is 0 Å². The van der Waals surface area contributed by atoms with Gasteiger partial charge in [-0.25, -0.2) is 0 Å². The molecule has 0 atom stereocenters. The molecule has 0 amide bonds. The molecule has 0 unspecified atom stereocenters. The lowest BCUT2D eigenvalue weighted by Gasteiger charge is -2.31. The molecule has 0 bridgehead atoms. The van der Waals surface area contributed by atoms with Crippen LogP contribution in [0.3, 0.4) is 0 Å². The van der Waals surface area contributed by atoms with Gasteiger partial charge in [0.1, 0.15) is 0 Å². The summed E-state index contributed by atoms with van der Waals surface area (Å²) in [5.74, 6) is 0. The molecule has 0 rings (SSSR count). The largest absolute Gasteiger partial charge is 0.345 e. The van der Waals surface area contributed by atoms with Crippen LogP contribution >= 0.6 is 37.8 Å². The average Bonchev–Trinajstić information content (AvgIpc) is 2.44. The van der Waals surface area contributed by atoms with E-state index in [-0.39, 0.29) is 26.4 Å². The van der Waals surface area contributed by atoms with Crippen molar-refractivity contribution in [2.75, 3.05) is 30.9 Å². The molecular weight excluding hydrogens is 441 g/mol. The molecule has 0 aliphatic rings. The first kappa shape index (κ1) is 23.0. The molecule has 0 fully saturated rings. The van der Waals surface area contributed by atoms with Crippen molar-refractivity contribution in [2.45, 2.75) is 52.4 Å². The molecule has 134 valence electrons. The Morgan fingerprint density at radius 1 is 0.773 bits per heavy atom. The summed E-state index contributed by atoms with van der Waals surface area (Å²) in [5.41, 5.74) is 0.